The molecule has 2 unspecified atom stereocenters. The molecule has 1 aliphatic rings. The van der Waals surface area contributed by atoms with Crippen molar-refractivity contribution < 1.29 is 4.74 Å². The minimum Gasteiger partial charge on any atom is -0.373 e. The zero-order valence-corrected chi connectivity index (χ0v) is 14.5. The molecule has 0 radical (unpaired) electrons. The molecule has 0 amide bonds. The fourth-order valence-corrected chi connectivity index (χ4v) is 3.12. The zero-order valence-electron chi connectivity index (χ0n) is 14.5. The molecular formula is C19H26N4O. The molecule has 0 spiro atoms. The molecule has 0 saturated carbocycles. The maximum atomic E-state index is 5.76. The largest absolute Gasteiger partial charge is 0.373 e. The first kappa shape index (κ1) is 17.0. The van der Waals surface area contributed by atoms with Gasteiger partial charge in [-0.2, -0.15) is 0 Å². The summed E-state index contributed by atoms with van der Waals surface area (Å²) in [4.78, 5) is 11.4. The van der Waals surface area contributed by atoms with Crippen LogP contribution < -0.4 is 5.32 Å². The van der Waals surface area contributed by atoms with Gasteiger partial charge in [0.2, 0.25) is 0 Å². The van der Waals surface area contributed by atoms with Crippen LogP contribution in [0.25, 0.3) is 11.4 Å². The van der Waals surface area contributed by atoms with Crippen LogP contribution in [0.3, 0.4) is 0 Å². The highest BCUT2D eigenvalue weighted by molar-refractivity contribution is 5.53. The molecule has 1 aliphatic heterocycles. The van der Waals surface area contributed by atoms with E-state index in [1.807, 2.05) is 42.7 Å². The number of ether oxygens (including phenoxy) is 1. The third kappa shape index (κ3) is 4.84. The number of morpholine rings is 1. The quantitative estimate of drug-likeness (QED) is 0.826. The lowest BCUT2D eigenvalue weighted by molar-refractivity contribution is -0.0674. The van der Waals surface area contributed by atoms with Gasteiger partial charge in [0, 0.05) is 56.2 Å². The van der Waals surface area contributed by atoms with Crippen molar-refractivity contribution >= 4 is 0 Å². The van der Waals surface area contributed by atoms with Gasteiger partial charge in [-0.1, -0.05) is 30.3 Å². The third-order valence-corrected chi connectivity index (χ3v) is 4.17. The van der Waals surface area contributed by atoms with E-state index in [1.54, 1.807) is 0 Å². The molecule has 2 heterocycles. The van der Waals surface area contributed by atoms with Gasteiger partial charge in [0.1, 0.15) is 0 Å². The Bertz CT molecular complexity index is 607. The number of benzene rings is 1. The molecule has 1 saturated heterocycles. The van der Waals surface area contributed by atoms with Crippen LogP contribution in [0.15, 0.2) is 42.7 Å². The maximum absolute atomic E-state index is 5.76. The molecule has 128 valence electrons. The van der Waals surface area contributed by atoms with Crippen molar-refractivity contribution in [1.82, 2.24) is 20.2 Å². The molecular weight excluding hydrogens is 300 g/mol. The van der Waals surface area contributed by atoms with Crippen LogP contribution in [0, 0.1) is 0 Å². The van der Waals surface area contributed by atoms with Crippen molar-refractivity contribution in [2.45, 2.75) is 32.6 Å². The molecule has 1 fully saturated rings. The second-order valence-corrected chi connectivity index (χ2v) is 6.47. The second kappa shape index (κ2) is 8.33. The van der Waals surface area contributed by atoms with Gasteiger partial charge in [0.05, 0.1) is 12.2 Å². The molecule has 1 N–H and O–H groups in total. The molecule has 1 aromatic heterocycles. The van der Waals surface area contributed by atoms with Crippen LogP contribution in [0.5, 0.6) is 0 Å². The molecule has 3 rings (SSSR count). The average Bonchev–Trinajstić information content (AvgIpc) is 2.59. The highest BCUT2D eigenvalue weighted by Crippen LogP contribution is 2.13. The SMILES string of the molecule is CC1CN(CCNCc2cnc(-c3ccccc3)nc2)CC(C)O1. The van der Waals surface area contributed by atoms with Gasteiger partial charge in [-0.15, -0.1) is 0 Å². The van der Waals surface area contributed by atoms with E-state index in [0.717, 1.165) is 49.7 Å². The molecule has 1 aromatic carbocycles. The summed E-state index contributed by atoms with van der Waals surface area (Å²) < 4.78 is 5.76. The van der Waals surface area contributed by atoms with Crippen molar-refractivity contribution in [2.75, 3.05) is 26.2 Å². The van der Waals surface area contributed by atoms with Crippen molar-refractivity contribution in [1.29, 1.82) is 0 Å². The number of nitrogens with zero attached hydrogens (tertiary/aromatic N) is 3. The first-order valence-corrected chi connectivity index (χ1v) is 8.65. The van der Waals surface area contributed by atoms with Gasteiger partial charge >= 0.3 is 0 Å². The Hall–Kier alpha value is -1.82. The molecule has 0 aliphatic carbocycles. The van der Waals surface area contributed by atoms with Crippen LogP contribution in [-0.4, -0.2) is 53.3 Å². The molecule has 0 bridgehead atoms. The highest BCUT2D eigenvalue weighted by atomic mass is 16.5. The smallest absolute Gasteiger partial charge is 0.159 e. The van der Waals surface area contributed by atoms with Gasteiger partial charge in [0.15, 0.2) is 5.82 Å². The summed E-state index contributed by atoms with van der Waals surface area (Å²) in [6, 6.07) is 10.1. The van der Waals surface area contributed by atoms with Crippen molar-refractivity contribution in [3.63, 3.8) is 0 Å². The van der Waals surface area contributed by atoms with Crippen LogP contribution in [-0.2, 0) is 11.3 Å². The monoisotopic (exact) mass is 326 g/mol. The van der Waals surface area contributed by atoms with Crippen LogP contribution in [0.2, 0.25) is 0 Å². The number of hydrogen-bond donors (Lipinski definition) is 1. The minimum atomic E-state index is 0.327. The summed E-state index contributed by atoms with van der Waals surface area (Å²) in [6.45, 7) is 9.11. The van der Waals surface area contributed by atoms with Gasteiger partial charge < -0.3 is 10.1 Å². The van der Waals surface area contributed by atoms with Crippen molar-refractivity contribution in [3.05, 3.63) is 48.3 Å². The number of rotatable bonds is 6. The molecule has 5 heteroatoms. The fourth-order valence-electron chi connectivity index (χ4n) is 3.12. The van der Waals surface area contributed by atoms with Crippen LogP contribution in [0.4, 0.5) is 0 Å². The Labute approximate surface area is 144 Å². The second-order valence-electron chi connectivity index (χ2n) is 6.47. The lowest BCUT2D eigenvalue weighted by Crippen LogP contribution is -2.47. The summed E-state index contributed by atoms with van der Waals surface area (Å²) in [7, 11) is 0. The highest BCUT2D eigenvalue weighted by Gasteiger charge is 2.21. The summed E-state index contributed by atoms with van der Waals surface area (Å²) in [6.07, 6.45) is 4.46. The fraction of sp³-hybridized carbons (Fsp3) is 0.474. The van der Waals surface area contributed by atoms with Gasteiger partial charge in [-0.3, -0.25) is 4.90 Å². The van der Waals surface area contributed by atoms with E-state index in [9.17, 15) is 0 Å². The molecule has 24 heavy (non-hydrogen) atoms. The lowest BCUT2D eigenvalue weighted by Gasteiger charge is -2.35. The standard InChI is InChI=1S/C19H26N4O/c1-15-13-23(14-16(2)24-15)9-8-20-10-17-11-21-19(22-12-17)18-6-4-3-5-7-18/h3-7,11-12,15-16,20H,8-10,13-14H2,1-2H3. The third-order valence-electron chi connectivity index (χ3n) is 4.17. The van der Waals surface area contributed by atoms with Crippen LogP contribution >= 0.6 is 0 Å². The first-order valence-electron chi connectivity index (χ1n) is 8.65. The van der Waals surface area contributed by atoms with Crippen LogP contribution in [0.1, 0.15) is 19.4 Å². The molecule has 5 nitrogen and oxygen atoms in total. The van der Waals surface area contributed by atoms with Gasteiger partial charge in [0.25, 0.3) is 0 Å². The molecule has 2 aromatic rings. The van der Waals surface area contributed by atoms with Crippen molar-refractivity contribution in [2.24, 2.45) is 0 Å². The average molecular weight is 326 g/mol. The Kier molecular flexibility index (Phi) is 5.91. The Balaban J connectivity index is 1.42. The number of aromatic nitrogens is 2. The summed E-state index contributed by atoms with van der Waals surface area (Å²) >= 11 is 0. The maximum Gasteiger partial charge on any atom is 0.159 e. The predicted octanol–water partition coefficient (Wildman–Crippen LogP) is 2.34. The Morgan fingerprint density at radius 2 is 1.75 bits per heavy atom. The van der Waals surface area contributed by atoms with E-state index in [-0.39, 0.29) is 0 Å². The predicted molar refractivity (Wildman–Crippen MR) is 95.6 cm³/mol. The number of hydrogen-bond acceptors (Lipinski definition) is 5. The van der Waals surface area contributed by atoms with E-state index in [1.165, 1.54) is 0 Å². The normalized spacial score (nSPS) is 21.8. The molecule has 2 atom stereocenters. The Morgan fingerprint density at radius 3 is 2.42 bits per heavy atom. The van der Waals surface area contributed by atoms with Crippen molar-refractivity contribution in [3.8, 4) is 11.4 Å². The zero-order chi connectivity index (χ0) is 16.8. The van der Waals surface area contributed by atoms with E-state index in [2.05, 4.69) is 34.0 Å². The lowest BCUT2D eigenvalue weighted by atomic mass is 10.2. The van der Waals surface area contributed by atoms with E-state index in [4.69, 9.17) is 4.74 Å². The minimum absolute atomic E-state index is 0.327. The summed E-state index contributed by atoms with van der Waals surface area (Å²) in [5.41, 5.74) is 2.16. The van der Waals surface area contributed by atoms with E-state index < -0.39 is 0 Å². The topological polar surface area (TPSA) is 50.3 Å². The van der Waals surface area contributed by atoms with Gasteiger partial charge in [-0.05, 0) is 13.8 Å². The van der Waals surface area contributed by atoms with E-state index in [0.29, 0.717) is 12.2 Å². The first-order chi connectivity index (χ1) is 11.7. The van der Waals surface area contributed by atoms with E-state index >= 15 is 0 Å². The summed E-state index contributed by atoms with van der Waals surface area (Å²) in [5, 5.41) is 3.48. The van der Waals surface area contributed by atoms with Gasteiger partial charge in [-0.25, -0.2) is 9.97 Å². The summed E-state index contributed by atoms with van der Waals surface area (Å²) in [5.74, 6) is 0.774. The Morgan fingerprint density at radius 1 is 1.08 bits per heavy atom. The number of nitrogens with one attached hydrogen (secondary N) is 1.